The standard InChI is InChI=1S/C19H26F3N3O2/c1-27-18(5-7-23-8-6-18)17(26)25-11-9-24(10-12-25)14-15-3-2-4-16(13-15)19(20,21)22/h2-4,13,23H,5-12,14H2,1H3. The summed E-state index contributed by atoms with van der Waals surface area (Å²) >= 11 is 0. The van der Waals surface area contributed by atoms with Crippen LogP contribution in [0.1, 0.15) is 24.0 Å². The Bertz CT molecular complexity index is 652. The number of carbonyl (C=O) groups excluding carboxylic acids is 1. The summed E-state index contributed by atoms with van der Waals surface area (Å²) < 4.78 is 44.2. The predicted octanol–water partition coefficient (Wildman–Crippen LogP) is 2.12. The molecule has 0 spiro atoms. The van der Waals surface area contributed by atoms with E-state index in [2.05, 4.69) is 10.2 Å². The lowest BCUT2D eigenvalue weighted by Gasteiger charge is -2.42. The summed E-state index contributed by atoms with van der Waals surface area (Å²) in [5, 5.41) is 3.24. The van der Waals surface area contributed by atoms with Gasteiger partial charge in [-0.3, -0.25) is 9.69 Å². The maximum Gasteiger partial charge on any atom is 0.416 e. The second-order valence-electron chi connectivity index (χ2n) is 7.21. The monoisotopic (exact) mass is 385 g/mol. The first-order chi connectivity index (χ1) is 12.8. The fourth-order valence-electron chi connectivity index (χ4n) is 3.84. The Morgan fingerprint density at radius 2 is 1.85 bits per heavy atom. The van der Waals surface area contributed by atoms with Crippen LogP contribution in [0.5, 0.6) is 0 Å². The number of nitrogens with one attached hydrogen (secondary N) is 1. The second kappa shape index (κ2) is 8.16. The quantitative estimate of drug-likeness (QED) is 0.863. The summed E-state index contributed by atoms with van der Waals surface area (Å²) in [7, 11) is 1.59. The lowest BCUT2D eigenvalue weighted by Crippen LogP contribution is -2.59. The SMILES string of the molecule is COC1(C(=O)N2CCN(Cc3cccc(C(F)(F)F)c3)CC2)CCNCC1. The maximum absolute atomic E-state index is 13.0. The minimum absolute atomic E-state index is 0.0326. The predicted molar refractivity (Wildman–Crippen MR) is 95.1 cm³/mol. The fourth-order valence-corrected chi connectivity index (χ4v) is 3.84. The number of hydrogen-bond donors (Lipinski definition) is 1. The molecule has 0 aromatic heterocycles. The summed E-state index contributed by atoms with van der Waals surface area (Å²) in [5.41, 5.74) is -0.729. The van der Waals surface area contributed by atoms with Gasteiger partial charge >= 0.3 is 6.18 Å². The molecule has 0 atom stereocenters. The first kappa shape index (κ1) is 20.1. The minimum Gasteiger partial charge on any atom is -0.368 e. The zero-order valence-corrected chi connectivity index (χ0v) is 15.5. The third-order valence-electron chi connectivity index (χ3n) is 5.51. The number of hydrogen-bond acceptors (Lipinski definition) is 4. The van der Waals surface area contributed by atoms with Crippen LogP contribution in [0.2, 0.25) is 0 Å². The summed E-state index contributed by atoms with van der Waals surface area (Å²) in [6.45, 7) is 4.38. The molecule has 0 radical (unpaired) electrons. The number of methoxy groups -OCH3 is 1. The first-order valence-corrected chi connectivity index (χ1v) is 9.28. The van der Waals surface area contributed by atoms with E-state index in [4.69, 9.17) is 4.74 Å². The van der Waals surface area contributed by atoms with Gasteiger partial charge in [0.05, 0.1) is 5.56 Å². The lowest BCUT2D eigenvalue weighted by molar-refractivity contribution is -0.160. The van der Waals surface area contributed by atoms with Gasteiger partial charge in [-0.15, -0.1) is 0 Å². The van der Waals surface area contributed by atoms with Crippen molar-refractivity contribution in [3.05, 3.63) is 35.4 Å². The largest absolute Gasteiger partial charge is 0.416 e. The van der Waals surface area contributed by atoms with Crippen LogP contribution in [0.15, 0.2) is 24.3 Å². The molecule has 1 aromatic rings. The van der Waals surface area contributed by atoms with Gasteiger partial charge in [0.25, 0.3) is 5.91 Å². The Hall–Kier alpha value is -1.64. The van der Waals surface area contributed by atoms with Gasteiger partial charge in [-0.25, -0.2) is 0 Å². The third-order valence-corrected chi connectivity index (χ3v) is 5.51. The lowest BCUT2D eigenvalue weighted by atomic mass is 9.90. The molecule has 27 heavy (non-hydrogen) atoms. The minimum atomic E-state index is -4.33. The molecule has 2 aliphatic rings. The topological polar surface area (TPSA) is 44.8 Å². The molecule has 1 N–H and O–H groups in total. The number of piperidine rings is 1. The Kier molecular flexibility index (Phi) is 6.08. The number of carbonyl (C=O) groups is 1. The van der Waals surface area contributed by atoms with E-state index in [-0.39, 0.29) is 5.91 Å². The summed E-state index contributed by atoms with van der Waals surface area (Å²) in [4.78, 5) is 16.9. The van der Waals surface area contributed by atoms with Gasteiger partial charge in [-0.1, -0.05) is 18.2 Å². The maximum atomic E-state index is 13.0. The Labute approximate surface area is 157 Å². The Balaban J connectivity index is 1.57. The molecular weight excluding hydrogens is 359 g/mol. The summed E-state index contributed by atoms with van der Waals surface area (Å²) in [6.07, 6.45) is -3.01. The van der Waals surface area contributed by atoms with Crippen LogP contribution in [0, 0.1) is 0 Å². The zero-order valence-electron chi connectivity index (χ0n) is 15.5. The van der Waals surface area contributed by atoms with Crippen LogP contribution in [-0.2, 0) is 22.3 Å². The fraction of sp³-hybridized carbons (Fsp3) is 0.632. The van der Waals surface area contributed by atoms with Gasteiger partial charge in [0, 0.05) is 39.8 Å². The molecule has 2 heterocycles. The number of nitrogens with zero attached hydrogens (tertiary/aromatic N) is 2. The smallest absolute Gasteiger partial charge is 0.368 e. The summed E-state index contributed by atoms with van der Waals surface area (Å²) in [5.74, 6) is 0.0326. The second-order valence-corrected chi connectivity index (χ2v) is 7.21. The molecule has 8 heteroatoms. The van der Waals surface area contributed by atoms with Gasteiger partial charge in [-0.05, 0) is 37.6 Å². The number of piperazine rings is 1. The normalized spacial score (nSPS) is 21.3. The number of alkyl halides is 3. The molecule has 1 aromatic carbocycles. The molecule has 2 aliphatic heterocycles. The van der Waals surface area contributed by atoms with Gasteiger partial charge in [0.2, 0.25) is 0 Å². The Morgan fingerprint density at radius 3 is 2.44 bits per heavy atom. The molecular formula is C19H26F3N3O2. The van der Waals surface area contributed by atoms with E-state index in [0.29, 0.717) is 51.1 Å². The molecule has 3 rings (SSSR count). The molecule has 5 nitrogen and oxygen atoms in total. The van der Waals surface area contributed by atoms with Crippen molar-refractivity contribution in [2.75, 3.05) is 46.4 Å². The molecule has 1 amide bonds. The average Bonchev–Trinajstić information content (AvgIpc) is 2.68. The van der Waals surface area contributed by atoms with Crippen LogP contribution in [0.4, 0.5) is 13.2 Å². The molecule has 0 unspecified atom stereocenters. The number of amides is 1. The van der Waals surface area contributed by atoms with Crippen LogP contribution in [-0.4, -0.2) is 67.7 Å². The van der Waals surface area contributed by atoms with Crippen molar-refractivity contribution in [3.63, 3.8) is 0 Å². The highest BCUT2D eigenvalue weighted by atomic mass is 19.4. The molecule has 2 saturated heterocycles. The van der Waals surface area contributed by atoms with Crippen molar-refractivity contribution in [3.8, 4) is 0 Å². The Morgan fingerprint density at radius 1 is 1.19 bits per heavy atom. The highest BCUT2D eigenvalue weighted by Gasteiger charge is 2.43. The van der Waals surface area contributed by atoms with Crippen molar-refractivity contribution >= 4 is 5.91 Å². The summed E-state index contributed by atoms with van der Waals surface area (Å²) in [6, 6.07) is 5.44. The van der Waals surface area contributed by atoms with Gasteiger partial charge < -0.3 is 15.0 Å². The number of rotatable bonds is 4. The van der Waals surface area contributed by atoms with Crippen LogP contribution in [0.3, 0.4) is 0 Å². The van der Waals surface area contributed by atoms with Gasteiger partial charge in [0.1, 0.15) is 5.60 Å². The molecule has 150 valence electrons. The van der Waals surface area contributed by atoms with E-state index in [1.165, 1.54) is 12.1 Å². The number of benzene rings is 1. The zero-order chi connectivity index (χ0) is 19.5. The van der Waals surface area contributed by atoms with Crippen molar-refractivity contribution in [2.45, 2.75) is 31.2 Å². The van der Waals surface area contributed by atoms with Gasteiger partial charge in [-0.2, -0.15) is 13.2 Å². The van der Waals surface area contributed by atoms with Crippen molar-refractivity contribution in [2.24, 2.45) is 0 Å². The number of ether oxygens (including phenoxy) is 1. The van der Waals surface area contributed by atoms with E-state index in [0.717, 1.165) is 19.2 Å². The van der Waals surface area contributed by atoms with Crippen LogP contribution >= 0.6 is 0 Å². The highest BCUT2D eigenvalue weighted by molar-refractivity contribution is 5.85. The van der Waals surface area contributed by atoms with E-state index >= 15 is 0 Å². The van der Waals surface area contributed by atoms with Crippen molar-refractivity contribution in [1.29, 1.82) is 0 Å². The van der Waals surface area contributed by atoms with Crippen molar-refractivity contribution in [1.82, 2.24) is 15.1 Å². The van der Waals surface area contributed by atoms with E-state index in [1.807, 2.05) is 4.90 Å². The van der Waals surface area contributed by atoms with Crippen molar-refractivity contribution < 1.29 is 22.7 Å². The van der Waals surface area contributed by atoms with Crippen LogP contribution in [0.25, 0.3) is 0 Å². The number of halogens is 3. The van der Waals surface area contributed by atoms with E-state index < -0.39 is 17.3 Å². The molecule has 2 fully saturated rings. The highest BCUT2D eigenvalue weighted by Crippen LogP contribution is 2.30. The van der Waals surface area contributed by atoms with E-state index in [9.17, 15) is 18.0 Å². The van der Waals surface area contributed by atoms with Crippen LogP contribution < -0.4 is 5.32 Å². The van der Waals surface area contributed by atoms with E-state index in [1.54, 1.807) is 13.2 Å². The van der Waals surface area contributed by atoms with Gasteiger partial charge in [0.15, 0.2) is 0 Å². The first-order valence-electron chi connectivity index (χ1n) is 9.28. The molecule has 0 saturated carbocycles. The molecule has 0 bridgehead atoms. The molecule has 0 aliphatic carbocycles. The third kappa shape index (κ3) is 4.62. The average molecular weight is 385 g/mol.